The van der Waals surface area contributed by atoms with Gasteiger partial charge in [-0.1, -0.05) is 144 Å². The molecule has 34 heteroatoms. The SMILES string of the molecule is CC(=O)NC1CCCC1C(=O)N[C@H](CC(=O)NC1CCCC1C(=O)NC[C@H](CC(C)C)C(=O)NC1CNCC1C(=O)NC1CNCC1C(=O)N[C@H](CC(=O)NC1CCCC1C(=O)NC[C@H](Cc1ccc(O)cc1)C(=O)NC1CNCC1C(=O)NC1CNCC1C(=O)N[C@H](CC(=O)NC1CNCC1C(N)=O)C(C)C)Cc1cccc2ccccc12)Cc1ccc2ccccc2c1. The van der Waals surface area contributed by atoms with E-state index in [0.717, 1.165) is 39.1 Å². The van der Waals surface area contributed by atoms with Crippen molar-refractivity contribution in [3.63, 3.8) is 0 Å². The molecular formula is C96H133N19O15. The number of rotatable bonds is 40. The molecule has 34 nitrogen and oxygen atoms in total. The summed E-state index contributed by atoms with van der Waals surface area (Å²) in [5, 5.41) is 70.3. The molecule has 130 heavy (non-hydrogen) atoms. The van der Waals surface area contributed by atoms with Crippen LogP contribution in [0.5, 0.6) is 5.75 Å². The van der Waals surface area contributed by atoms with E-state index in [0.29, 0.717) is 89.4 Å². The Balaban J connectivity index is 0.594. The smallest absolute Gasteiger partial charge is 0.226 e. The number of hydrogen-bond acceptors (Lipinski definition) is 20. The summed E-state index contributed by atoms with van der Waals surface area (Å²) in [6.07, 6.45) is 6.29. The van der Waals surface area contributed by atoms with Crippen molar-refractivity contribution in [2.45, 2.75) is 204 Å². The highest BCUT2D eigenvalue weighted by atomic mass is 16.3. The molecule has 3 aliphatic carbocycles. The van der Waals surface area contributed by atoms with Gasteiger partial charge in [0.1, 0.15) is 5.75 Å². The van der Waals surface area contributed by atoms with Crippen LogP contribution < -0.4 is 101 Å². The summed E-state index contributed by atoms with van der Waals surface area (Å²) < 4.78 is 0. The van der Waals surface area contributed by atoms with Crippen molar-refractivity contribution in [1.82, 2.24) is 95.7 Å². The number of nitrogens with two attached hydrogens (primary N) is 1. The number of phenols is 1. The fraction of sp³-hybridized carbons (Fsp3) is 0.583. The van der Waals surface area contributed by atoms with Crippen LogP contribution in [0.1, 0.15) is 135 Å². The lowest BCUT2D eigenvalue weighted by atomic mass is 9.93. The second-order valence-electron chi connectivity index (χ2n) is 38.1. The lowest BCUT2D eigenvalue weighted by Gasteiger charge is -2.28. The molecule has 21 atom stereocenters. The maximum absolute atomic E-state index is 14.9. The van der Waals surface area contributed by atoms with E-state index >= 15 is 0 Å². The number of hydrogen-bond donors (Lipinski definition) is 20. The lowest BCUT2D eigenvalue weighted by Crippen LogP contribution is -2.54. The van der Waals surface area contributed by atoms with E-state index in [1.165, 1.54) is 19.1 Å². The minimum Gasteiger partial charge on any atom is -0.508 e. The van der Waals surface area contributed by atoms with Crippen molar-refractivity contribution in [1.29, 1.82) is 0 Å². The topological polar surface area (TPSA) is 502 Å². The van der Waals surface area contributed by atoms with Crippen molar-refractivity contribution in [2.75, 3.05) is 78.5 Å². The quantitative estimate of drug-likeness (QED) is 0.0252. The lowest BCUT2D eigenvalue weighted by molar-refractivity contribution is -0.132. The standard InChI is InChI=1S/C96H133N19O15/c1-52(2)32-61(40-103-90(124)67-20-11-24-76(67)108-84(118)37-63(35-56-26-29-57-14-6-7-16-59(57)34-56)106-92(126)69-22-13-23-75(69)105-54(5)116)88(122)112-80-48-100-44-72(80)95(129)114-82-50-99-43-71(82)93(127)107-64(36-60-18-10-17-58-15-8-9-19-66(58)60)38-85(119)109-77-25-12-21-68(77)91(125)104-41-62(33-55-27-30-65(117)31-28-55)89(123)113-81-49-101-45-73(81)96(130)115-83-51-102-46-74(83)94(128)111-78(53(3)4)39-86(120)110-79-47-98-42-70(79)87(97)121/h6-10,14-19,26-31,34,52-53,61-64,67-83,98-102,117H,11-13,20-25,32-33,35-51H2,1-5H3,(H2,97,121)(H,103,124)(H,104,125)(H,105,116)(H,106,126)(H,107,127)(H,108,118)(H,109,119)(H,110,120)(H,111,128)(H,112,122)(H,113,123)(H,114,129)(H,115,130)/t61-,62-,63-,64-,67?,68?,69?,70?,71?,72?,73?,74?,75?,76?,77?,78+,79?,80?,81?,82?,83?/m0/s1. The number of aromatic hydroxyl groups is 1. The van der Waals surface area contributed by atoms with Crippen molar-refractivity contribution < 1.29 is 72.2 Å². The van der Waals surface area contributed by atoms with Crippen molar-refractivity contribution >= 4 is 104 Å². The van der Waals surface area contributed by atoms with Crippen LogP contribution in [0.25, 0.3) is 21.5 Å². The zero-order valence-electron chi connectivity index (χ0n) is 75.2. The number of amides is 14. The predicted octanol–water partition coefficient (Wildman–Crippen LogP) is 0.399. The summed E-state index contributed by atoms with van der Waals surface area (Å²) in [7, 11) is 0. The van der Waals surface area contributed by atoms with E-state index in [2.05, 4.69) is 102 Å². The van der Waals surface area contributed by atoms with Gasteiger partial charge in [0, 0.05) is 141 Å². The van der Waals surface area contributed by atoms with Crippen LogP contribution in [-0.4, -0.2) is 233 Å². The van der Waals surface area contributed by atoms with Gasteiger partial charge >= 0.3 is 0 Å². The van der Waals surface area contributed by atoms with Gasteiger partial charge in [-0.3, -0.25) is 67.1 Å². The molecule has 3 saturated carbocycles. The van der Waals surface area contributed by atoms with Crippen LogP contribution >= 0.6 is 0 Å². The monoisotopic (exact) mass is 1790 g/mol. The summed E-state index contributed by atoms with van der Waals surface area (Å²) in [6, 6.07) is 27.7. The largest absolute Gasteiger partial charge is 0.508 e. The average Bonchev–Trinajstić information content (AvgIpc) is 1.62. The molecule has 0 bridgehead atoms. The molecule has 8 fully saturated rings. The minimum atomic E-state index is -0.868. The van der Waals surface area contributed by atoms with Crippen LogP contribution in [0.4, 0.5) is 0 Å². The Morgan fingerprint density at radius 1 is 0.377 bits per heavy atom. The molecule has 14 amide bonds. The molecule has 13 rings (SSSR count). The molecule has 0 spiro atoms. The van der Waals surface area contributed by atoms with Crippen LogP contribution in [0.3, 0.4) is 0 Å². The Hall–Kier alpha value is -11.2. The summed E-state index contributed by atoms with van der Waals surface area (Å²) in [4.78, 5) is 196. The van der Waals surface area contributed by atoms with Gasteiger partial charge in [-0.25, -0.2) is 0 Å². The molecule has 21 N–H and O–H groups in total. The zero-order valence-corrected chi connectivity index (χ0v) is 75.2. The average molecular weight is 1790 g/mol. The van der Waals surface area contributed by atoms with Gasteiger partial charge < -0.3 is 107 Å². The molecule has 702 valence electrons. The Kier molecular flexibility index (Phi) is 33.8. The Bertz CT molecular complexity index is 4880. The molecule has 0 aromatic heterocycles. The van der Waals surface area contributed by atoms with Gasteiger partial charge in [-0.2, -0.15) is 0 Å². The molecule has 0 radical (unpaired) electrons. The third kappa shape index (κ3) is 25.9. The number of phenolic OH excluding ortho intramolecular Hbond substituents is 1. The summed E-state index contributed by atoms with van der Waals surface area (Å²) in [5.74, 6) is -11.8. The third-order valence-corrected chi connectivity index (χ3v) is 27.8. The van der Waals surface area contributed by atoms with E-state index in [-0.39, 0.29) is 174 Å². The van der Waals surface area contributed by atoms with E-state index in [1.807, 2.05) is 107 Å². The summed E-state index contributed by atoms with van der Waals surface area (Å²) in [6.45, 7) is 11.8. The number of nitrogens with one attached hydrogen (secondary N) is 18. The first kappa shape index (κ1) is 96.4. The number of carbonyl (C=O) groups excluding carboxylic acids is 14. The molecule has 8 aliphatic rings. The Labute approximate surface area is 759 Å². The van der Waals surface area contributed by atoms with Crippen LogP contribution in [-0.2, 0) is 86.4 Å². The van der Waals surface area contributed by atoms with Gasteiger partial charge in [0.05, 0.1) is 89.4 Å². The van der Waals surface area contributed by atoms with Gasteiger partial charge in [0.25, 0.3) is 0 Å². The van der Waals surface area contributed by atoms with Crippen LogP contribution in [0.15, 0.2) is 109 Å². The number of benzene rings is 5. The molecule has 16 unspecified atom stereocenters. The van der Waals surface area contributed by atoms with Gasteiger partial charge in [-0.15, -0.1) is 0 Å². The van der Waals surface area contributed by atoms with E-state index in [9.17, 15) is 72.2 Å². The molecule has 5 heterocycles. The second-order valence-corrected chi connectivity index (χ2v) is 38.1. The summed E-state index contributed by atoms with van der Waals surface area (Å²) >= 11 is 0. The van der Waals surface area contributed by atoms with E-state index in [1.54, 1.807) is 12.1 Å². The van der Waals surface area contributed by atoms with Crippen LogP contribution in [0, 0.1) is 71.0 Å². The normalized spacial score (nSPS) is 26.4. The maximum Gasteiger partial charge on any atom is 0.226 e. The summed E-state index contributed by atoms with van der Waals surface area (Å²) in [5.41, 5.74) is 8.09. The minimum absolute atomic E-state index is 0.0107. The first-order valence-corrected chi connectivity index (χ1v) is 46.9. The van der Waals surface area contributed by atoms with E-state index < -0.39 is 143 Å². The fourth-order valence-electron chi connectivity index (χ4n) is 20.6. The number of carbonyl (C=O) groups is 14. The molecule has 5 saturated heterocycles. The van der Waals surface area contributed by atoms with Gasteiger partial charge in [0.2, 0.25) is 82.7 Å². The number of primary amides is 1. The maximum atomic E-state index is 14.9. The first-order valence-electron chi connectivity index (χ1n) is 46.9. The molecular weight excluding hydrogens is 1660 g/mol. The third-order valence-electron chi connectivity index (χ3n) is 27.8. The Morgan fingerprint density at radius 2 is 0.800 bits per heavy atom. The highest BCUT2D eigenvalue weighted by molar-refractivity contribution is 5.92. The number of fused-ring (bicyclic) bond motifs is 2. The highest BCUT2D eigenvalue weighted by Crippen LogP contribution is 2.32. The zero-order chi connectivity index (χ0) is 92.2. The molecule has 5 aromatic rings. The second kappa shape index (κ2) is 45.6. The Morgan fingerprint density at radius 3 is 1.33 bits per heavy atom. The molecule has 5 aromatic carbocycles. The van der Waals surface area contributed by atoms with Gasteiger partial charge in [-0.05, 0) is 126 Å². The van der Waals surface area contributed by atoms with Crippen molar-refractivity contribution in [2.24, 2.45) is 76.7 Å². The first-order chi connectivity index (χ1) is 62.5. The van der Waals surface area contributed by atoms with Gasteiger partial charge in [0.15, 0.2) is 0 Å². The van der Waals surface area contributed by atoms with Crippen LogP contribution in [0.2, 0.25) is 0 Å². The predicted molar refractivity (Wildman–Crippen MR) is 488 cm³/mol. The van der Waals surface area contributed by atoms with E-state index in [4.69, 9.17) is 5.73 Å². The van der Waals surface area contributed by atoms with Crippen molar-refractivity contribution in [3.8, 4) is 5.75 Å². The highest BCUT2D eigenvalue weighted by Gasteiger charge is 2.46. The fourth-order valence-corrected chi connectivity index (χ4v) is 20.6. The molecule has 5 aliphatic heterocycles. The van der Waals surface area contributed by atoms with Crippen molar-refractivity contribution in [3.05, 3.63) is 126 Å².